The lowest BCUT2D eigenvalue weighted by Crippen LogP contribution is -2.47. The zero-order valence-corrected chi connectivity index (χ0v) is 19.5. The van der Waals surface area contributed by atoms with E-state index in [2.05, 4.69) is 24.2 Å². The highest BCUT2D eigenvalue weighted by atomic mass is 16.5. The largest absolute Gasteiger partial charge is 0.497 e. The zero-order valence-electron chi connectivity index (χ0n) is 19.5. The molecule has 33 heavy (non-hydrogen) atoms. The number of carbonyl (C=O) groups excluding carboxylic acids is 2. The summed E-state index contributed by atoms with van der Waals surface area (Å²) < 4.78 is 5.46. The van der Waals surface area contributed by atoms with E-state index in [0.717, 1.165) is 55.4 Å². The van der Waals surface area contributed by atoms with Crippen molar-refractivity contribution in [3.8, 4) is 18.1 Å². The Hall–Kier alpha value is -3.26. The molecule has 0 radical (unpaired) electrons. The van der Waals surface area contributed by atoms with Gasteiger partial charge in [0.1, 0.15) is 5.75 Å². The summed E-state index contributed by atoms with van der Waals surface area (Å²) in [6, 6.07) is 13.6. The van der Waals surface area contributed by atoms with Crippen LogP contribution in [0.3, 0.4) is 0 Å². The van der Waals surface area contributed by atoms with Gasteiger partial charge in [0.15, 0.2) is 0 Å². The number of benzene rings is 2. The molecule has 0 unspecified atom stereocenters. The van der Waals surface area contributed by atoms with E-state index in [1.165, 1.54) is 12.0 Å². The molecule has 0 bridgehead atoms. The van der Waals surface area contributed by atoms with E-state index < -0.39 is 0 Å². The van der Waals surface area contributed by atoms with E-state index in [4.69, 9.17) is 11.2 Å². The summed E-state index contributed by atoms with van der Waals surface area (Å²) in [4.78, 5) is 27.4. The van der Waals surface area contributed by atoms with Crippen LogP contribution >= 0.6 is 0 Å². The summed E-state index contributed by atoms with van der Waals surface area (Å²) in [5.41, 5.74) is 3.81. The predicted molar refractivity (Wildman–Crippen MR) is 129 cm³/mol. The number of rotatable bonds is 7. The van der Waals surface area contributed by atoms with Crippen molar-refractivity contribution < 1.29 is 14.3 Å². The van der Waals surface area contributed by atoms with Crippen LogP contribution in [0.4, 0.5) is 0 Å². The maximum Gasteiger partial charge on any atom is 0.299 e. The van der Waals surface area contributed by atoms with Crippen molar-refractivity contribution in [2.24, 2.45) is 0 Å². The first-order valence-corrected chi connectivity index (χ1v) is 11.9. The smallest absolute Gasteiger partial charge is 0.299 e. The summed E-state index contributed by atoms with van der Waals surface area (Å²) in [6.07, 6.45) is 12.6. The van der Waals surface area contributed by atoms with Gasteiger partial charge < -0.3 is 15.0 Å². The fourth-order valence-corrected chi connectivity index (χ4v) is 4.88. The number of terminal acetylenes is 1. The fourth-order valence-electron chi connectivity index (χ4n) is 4.88. The van der Waals surface area contributed by atoms with Crippen LogP contribution < -0.4 is 10.1 Å². The first-order valence-electron chi connectivity index (χ1n) is 11.9. The minimum Gasteiger partial charge on any atom is -0.497 e. The standard InChI is InChI=1S/C28H32N2O3/c1-4-6-10-23-17-21-18-24(33-3)15-16-25(21)27(30(23)26(31)5-2)19-11-13-20(14-12-19)28(32)29-22-8-7-9-22/h2,11-16,18,22-23,27H,4,6-10,17H2,1,3H3,(H,29,32)/t23-,27-/m0/s1. The third-order valence-electron chi connectivity index (χ3n) is 6.95. The SMILES string of the molecule is C#CC(=O)N1[C@@H](CCCC)Cc2cc(OC)ccc2[C@@H]1c1ccc(C(=O)NC2CCC2)cc1. The van der Waals surface area contributed by atoms with Crippen molar-refractivity contribution in [2.75, 3.05) is 7.11 Å². The molecule has 0 saturated heterocycles. The molecule has 5 heteroatoms. The first-order chi connectivity index (χ1) is 16.0. The van der Waals surface area contributed by atoms with Gasteiger partial charge in [0, 0.05) is 17.6 Å². The second-order valence-electron chi connectivity index (χ2n) is 9.05. The lowest BCUT2D eigenvalue weighted by molar-refractivity contribution is -0.130. The minimum atomic E-state index is -0.297. The van der Waals surface area contributed by atoms with Crippen molar-refractivity contribution in [1.82, 2.24) is 10.2 Å². The highest BCUT2D eigenvalue weighted by molar-refractivity contribution is 5.95. The van der Waals surface area contributed by atoms with E-state index in [-0.39, 0.29) is 23.9 Å². The summed E-state index contributed by atoms with van der Waals surface area (Å²) in [7, 11) is 1.66. The molecule has 2 aromatic rings. The van der Waals surface area contributed by atoms with Crippen LogP contribution in [0.25, 0.3) is 0 Å². The Morgan fingerprint density at radius 3 is 2.55 bits per heavy atom. The quantitative estimate of drug-likeness (QED) is 0.633. The van der Waals surface area contributed by atoms with Gasteiger partial charge in [-0.2, -0.15) is 0 Å². The maximum atomic E-state index is 13.0. The van der Waals surface area contributed by atoms with Crippen molar-refractivity contribution >= 4 is 11.8 Å². The van der Waals surface area contributed by atoms with Crippen LogP contribution in [0, 0.1) is 12.3 Å². The Morgan fingerprint density at radius 2 is 1.94 bits per heavy atom. The molecule has 2 atom stereocenters. The molecule has 5 nitrogen and oxygen atoms in total. The van der Waals surface area contributed by atoms with Crippen molar-refractivity contribution in [1.29, 1.82) is 0 Å². The van der Waals surface area contributed by atoms with Gasteiger partial charge >= 0.3 is 0 Å². The Balaban J connectivity index is 1.71. The number of amides is 2. The minimum absolute atomic E-state index is 0.0136. The van der Waals surface area contributed by atoms with Gasteiger partial charge in [0.05, 0.1) is 13.2 Å². The van der Waals surface area contributed by atoms with Gasteiger partial charge in [-0.05, 0) is 79.0 Å². The summed E-state index contributed by atoms with van der Waals surface area (Å²) >= 11 is 0. The van der Waals surface area contributed by atoms with E-state index in [9.17, 15) is 9.59 Å². The third kappa shape index (κ3) is 4.75. The molecule has 2 aliphatic rings. The van der Waals surface area contributed by atoms with E-state index in [1.54, 1.807) is 7.11 Å². The third-order valence-corrected chi connectivity index (χ3v) is 6.95. The molecule has 1 saturated carbocycles. The molecule has 0 spiro atoms. The molecular weight excluding hydrogens is 412 g/mol. The second kappa shape index (κ2) is 10.1. The molecule has 0 aromatic heterocycles. The highest BCUT2D eigenvalue weighted by Crippen LogP contribution is 2.40. The second-order valence-corrected chi connectivity index (χ2v) is 9.05. The number of ether oxygens (including phenoxy) is 1. The fraction of sp³-hybridized carbons (Fsp3) is 0.429. The number of nitrogens with zero attached hydrogens (tertiary/aromatic N) is 1. The Labute approximate surface area is 196 Å². The van der Waals surface area contributed by atoms with Gasteiger partial charge in [0.25, 0.3) is 11.8 Å². The molecule has 1 aliphatic carbocycles. The maximum absolute atomic E-state index is 13.0. The number of hydrogen-bond acceptors (Lipinski definition) is 3. The van der Waals surface area contributed by atoms with Crippen LogP contribution in [-0.4, -0.2) is 35.9 Å². The van der Waals surface area contributed by atoms with Crippen LogP contribution in [0.2, 0.25) is 0 Å². The summed E-state index contributed by atoms with van der Waals surface area (Å²) in [6.45, 7) is 2.15. The van der Waals surface area contributed by atoms with Gasteiger partial charge in [-0.1, -0.05) is 38.0 Å². The van der Waals surface area contributed by atoms with Crippen molar-refractivity contribution in [3.63, 3.8) is 0 Å². The average Bonchev–Trinajstić information content (AvgIpc) is 2.83. The monoisotopic (exact) mass is 444 g/mol. The molecule has 4 rings (SSSR count). The molecular formula is C28H32N2O3. The Morgan fingerprint density at radius 1 is 1.18 bits per heavy atom. The number of fused-ring (bicyclic) bond motifs is 1. The van der Waals surface area contributed by atoms with E-state index in [0.29, 0.717) is 11.6 Å². The van der Waals surface area contributed by atoms with Crippen LogP contribution in [0.15, 0.2) is 42.5 Å². The Kier molecular flexibility index (Phi) is 7.03. The molecule has 1 fully saturated rings. The van der Waals surface area contributed by atoms with Gasteiger partial charge in [-0.15, -0.1) is 6.42 Å². The lowest BCUT2D eigenvalue weighted by atomic mass is 9.82. The molecule has 2 aromatic carbocycles. The highest BCUT2D eigenvalue weighted by Gasteiger charge is 2.37. The molecule has 2 amide bonds. The average molecular weight is 445 g/mol. The predicted octanol–water partition coefficient (Wildman–Crippen LogP) is 4.64. The number of hydrogen-bond donors (Lipinski definition) is 1. The molecule has 1 aliphatic heterocycles. The van der Waals surface area contributed by atoms with E-state index in [1.807, 2.05) is 41.3 Å². The number of nitrogens with one attached hydrogen (secondary N) is 1. The summed E-state index contributed by atoms with van der Waals surface area (Å²) in [5.74, 6) is 2.82. The number of unbranched alkanes of at least 4 members (excludes halogenated alkanes) is 1. The van der Waals surface area contributed by atoms with Crippen LogP contribution in [0.5, 0.6) is 5.75 Å². The van der Waals surface area contributed by atoms with Crippen molar-refractivity contribution in [2.45, 2.75) is 70.0 Å². The van der Waals surface area contributed by atoms with Crippen molar-refractivity contribution in [3.05, 3.63) is 64.7 Å². The summed E-state index contributed by atoms with van der Waals surface area (Å²) in [5, 5.41) is 3.08. The van der Waals surface area contributed by atoms with E-state index >= 15 is 0 Å². The molecule has 1 heterocycles. The van der Waals surface area contributed by atoms with Gasteiger partial charge in [-0.3, -0.25) is 9.59 Å². The Bertz CT molecular complexity index is 1050. The first kappa shape index (κ1) is 22.9. The number of carbonyl (C=O) groups is 2. The number of methoxy groups -OCH3 is 1. The van der Waals surface area contributed by atoms with Gasteiger partial charge in [0.2, 0.25) is 0 Å². The molecule has 1 N–H and O–H groups in total. The van der Waals surface area contributed by atoms with Crippen LogP contribution in [-0.2, 0) is 11.2 Å². The molecule has 172 valence electrons. The zero-order chi connectivity index (χ0) is 23.4. The topological polar surface area (TPSA) is 58.6 Å². The lowest BCUT2D eigenvalue weighted by Gasteiger charge is -2.43. The van der Waals surface area contributed by atoms with Gasteiger partial charge in [-0.25, -0.2) is 0 Å². The normalized spacial score (nSPS) is 19.7. The van der Waals surface area contributed by atoms with Crippen LogP contribution in [0.1, 0.15) is 78.5 Å².